The zero-order valence-electron chi connectivity index (χ0n) is 13.5. The maximum absolute atomic E-state index is 13.0. The number of nitrogens with one attached hydrogen (secondary N) is 1. The third kappa shape index (κ3) is 4.99. The summed E-state index contributed by atoms with van der Waals surface area (Å²) in [6.07, 6.45) is -5.73. The first-order chi connectivity index (χ1) is 12.5. The molecule has 27 heavy (non-hydrogen) atoms. The number of benzene rings is 2. The minimum Gasteiger partial charge on any atom is -0.361 e. The molecule has 0 bridgehead atoms. The molecule has 0 aliphatic rings. The molecule has 0 radical (unpaired) electrons. The molecule has 2 aromatic carbocycles. The molecule has 0 saturated carbocycles. The molecular formula is C16H12Cl2F3NO4S. The highest BCUT2D eigenvalue weighted by Gasteiger charge is 2.35. The molecule has 1 unspecified atom stereocenters. The first kappa shape index (κ1) is 21.6. The Balaban J connectivity index is 2.46. The zero-order valence-corrected chi connectivity index (χ0v) is 15.9. The molecule has 5 nitrogen and oxygen atoms in total. The van der Waals surface area contributed by atoms with Crippen molar-refractivity contribution in [1.82, 2.24) is 4.72 Å². The van der Waals surface area contributed by atoms with Crippen LogP contribution in [0.2, 0.25) is 10.0 Å². The molecular weight excluding hydrogens is 430 g/mol. The Morgan fingerprint density at radius 1 is 1.15 bits per heavy atom. The van der Waals surface area contributed by atoms with E-state index >= 15 is 0 Å². The topological polar surface area (TPSA) is 72.5 Å². The molecule has 1 N–H and O–H groups in total. The smallest absolute Gasteiger partial charge is 0.361 e. The molecule has 0 saturated heterocycles. The van der Waals surface area contributed by atoms with Gasteiger partial charge in [0.1, 0.15) is 12.5 Å². The minimum atomic E-state index is -4.83. The molecule has 0 amide bonds. The number of hydrogen-bond acceptors (Lipinski definition) is 4. The van der Waals surface area contributed by atoms with Crippen LogP contribution < -0.4 is 4.72 Å². The molecule has 146 valence electrons. The van der Waals surface area contributed by atoms with E-state index in [1.54, 1.807) is 0 Å². The lowest BCUT2D eigenvalue weighted by Crippen LogP contribution is -2.30. The van der Waals surface area contributed by atoms with Crippen molar-refractivity contribution in [3.63, 3.8) is 0 Å². The number of carbonyl (C=O) groups excluding carboxylic acids is 1. The normalized spacial score (nSPS) is 13.4. The second kappa shape index (κ2) is 8.15. The number of alkyl halides is 3. The summed E-state index contributed by atoms with van der Waals surface area (Å²) < 4.78 is 71.1. The molecule has 0 aliphatic heterocycles. The highest BCUT2D eigenvalue weighted by atomic mass is 35.5. The second-order valence-electron chi connectivity index (χ2n) is 5.27. The van der Waals surface area contributed by atoms with Gasteiger partial charge < -0.3 is 4.74 Å². The lowest BCUT2D eigenvalue weighted by atomic mass is 10.1. The third-order valence-corrected chi connectivity index (χ3v) is 5.47. The number of rotatable bonds is 6. The number of ether oxygens (including phenoxy) is 1. The summed E-state index contributed by atoms with van der Waals surface area (Å²) in [5.74, 6) is 0. The first-order valence-electron chi connectivity index (χ1n) is 7.16. The van der Waals surface area contributed by atoms with Gasteiger partial charge in [0.15, 0.2) is 0 Å². The van der Waals surface area contributed by atoms with Gasteiger partial charge in [-0.05, 0) is 36.4 Å². The molecule has 11 heteroatoms. The highest BCUT2D eigenvalue weighted by Crippen LogP contribution is 2.36. The van der Waals surface area contributed by atoms with Gasteiger partial charge in [-0.25, -0.2) is 8.42 Å². The second-order valence-corrected chi connectivity index (χ2v) is 7.83. The zero-order chi connectivity index (χ0) is 20.4. The number of halogens is 5. The van der Waals surface area contributed by atoms with Gasteiger partial charge in [0, 0.05) is 23.3 Å². The van der Waals surface area contributed by atoms with Crippen LogP contribution in [0.25, 0.3) is 0 Å². The fourth-order valence-corrected chi connectivity index (χ4v) is 3.78. The maximum Gasteiger partial charge on any atom is 0.417 e. The van der Waals surface area contributed by atoms with Crippen molar-refractivity contribution in [2.45, 2.75) is 17.3 Å². The maximum atomic E-state index is 13.0. The van der Waals surface area contributed by atoms with Crippen LogP contribution in [-0.4, -0.2) is 21.8 Å². The lowest BCUT2D eigenvalue weighted by molar-refractivity contribution is -0.137. The van der Waals surface area contributed by atoms with Crippen LogP contribution in [-0.2, 0) is 20.9 Å². The highest BCUT2D eigenvalue weighted by molar-refractivity contribution is 7.89. The van der Waals surface area contributed by atoms with Crippen molar-refractivity contribution >= 4 is 39.5 Å². The molecule has 0 fully saturated rings. The number of aldehydes is 1. The van der Waals surface area contributed by atoms with Crippen molar-refractivity contribution in [2.75, 3.05) is 7.11 Å². The van der Waals surface area contributed by atoms with Gasteiger partial charge in [-0.3, -0.25) is 4.79 Å². The van der Waals surface area contributed by atoms with Crippen molar-refractivity contribution < 1.29 is 31.1 Å². The number of hydrogen-bond donors (Lipinski definition) is 1. The molecule has 2 aromatic rings. The van der Waals surface area contributed by atoms with Crippen LogP contribution in [0.1, 0.15) is 27.7 Å². The fraction of sp³-hybridized carbons (Fsp3) is 0.188. The van der Waals surface area contributed by atoms with Crippen LogP contribution in [0.15, 0.2) is 41.3 Å². The lowest BCUT2D eigenvalue weighted by Gasteiger charge is -2.20. The van der Waals surface area contributed by atoms with Gasteiger partial charge in [-0.1, -0.05) is 23.2 Å². The summed E-state index contributed by atoms with van der Waals surface area (Å²) in [5, 5.41) is -0.425. The summed E-state index contributed by atoms with van der Waals surface area (Å²) in [6, 6.07) is 6.25. The standard InChI is InChI=1S/C16H12Cl2F3NO4S/c1-26-15(12-6-10(17)3-2-9(12)8-23)22-27(24,25)11-4-5-14(18)13(7-11)16(19,20)21/h2-8,15,22H,1H3. The average Bonchev–Trinajstić information content (AvgIpc) is 2.58. The number of sulfonamides is 1. The van der Waals surface area contributed by atoms with Crippen LogP contribution >= 0.6 is 23.2 Å². The summed E-state index contributed by atoms with van der Waals surface area (Å²) >= 11 is 11.4. The molecule has 0 heterocycles. The van der Waals surface area contributed by atoms with Gasteiger partial charge in [-0.2, -0.15) is 17.9 Å². The molecule has 2 rings (SSSR count). The Labute approximate surface area is 163 Å². The largest absolute Gasteiger partial charge is 0.417 e. The van der Waals surface area contributed by atoms with E-state index in [2.05, 4.69) is 4.72 Å². The Kier molecular flexibility index (Phi) is 6.54. The predicted octanol–water partition coefficient (Wildman–Crippen LogP) is 4.45. The Morgan fingerprint density at radius 2 is 1.81 bits per heavy atom. The summed E-state index contributed by atoms with van der Waals surface area (Å²) in [5.41, 5.74) is -1.09. The Hall–Kier alpha value is -1.65. The van der Waals surface area contributed by atoms with Gasteiger partial charge in [0.2, 0.25) is 10.0 Å². The van der Waals surface area contributed by atoms with E-state index in [4.69, 9.17) is 27.9 Å². The summed E-state index contributed by atoms with van der Waals surface area (Å²) in [6.45, 7) is 0. The average molecular weight is 442 g/mol. The van der Waals surface area contributed by atoms with E-state index in [-0.39, 0.29) is 16.1 Å². The van der Waals surface area contributed by atoms with E-state index in [1.165, 1.54) is 18.2 Å². The van der Waals surface area contributed by atoms with Gasteiger partial charge >= 0.3 is 6.18 Å². The van der Waals surface area contributed by atoms with Gasteiger partial charge in [0.05, 0.1) is 15.5 Å². The SMILES string of the molecule is COC(NS(=O)(=O)c1ccc(Cl)c(C(F)(F)F)c1)c1cc(Cl)ccc1C=O. The van der Waals surface area contributed by atoms with Crippen LogP contribution in [0.4, 0.5) is 13.2 Å². The van der Waals surface area contributed by atoms with Crippen molar-refractivity contribution in [2.24, 2.45) is 0 Å². The van der Waals surface area contributed by atoms with E-state index in [0.29, 0.717) is 12.4 Å². The molecule has 0 spiro atoms. The fourth-order valence-electron chi connectivity index (χ4n) is 2.22. The molecule has 0 aromatic heterocycles. The van der Waals surface area contributed by atoms with E-state index < -0.39 is 37.9 Å². The monoisotopic (exact) mass is 441 g/mol. The Bertz CT molecular complexity index is 965. The quantitative estimate of drug-likeness (QED) is 0.530. The van der Waals surface area contributed by atoms with Gasteiger partial charge in [-0.15, -0.1) is 0 Å². The molecule has 1 atom stereocenters. The van der Waals surface area contributed by atoms with Crippen molar-refractivity contribution in [1.29, 1.82) is 0 Å². The van der Waals surface area contributed by atoms with Crippen LogP contribution in [0, 0.1) is 0 Å². The van der Waals surface area contributed by atoms with Crippen molar-refractivity contribution in [3.05, 3.63) is 63.1 Å². The van der Waals surface area contributed by atoms with Crippen LogP contribution in [0.5, 0.6) is 0 Å². The number of carbonyl (C=O) groups is 1. The van der Waals surface area contributed by atoms with E-state index in [0.717, 1.165) is 19.2 Å². The predicted molar refractivity (Wildman–Crippen MR) is 93.4 cm³/mol. The van der Waals surface area contributed by atoms with Crippen LogP contribution in [0.3, 0.4) is 0 Å². The summed E-state index contributed by atoms with van der Waals surface area (Å²) in [7, 11) is -3.29. The van der Waals surface area contributed by atoms with E-state index in [1.807, 2.05) is 0 Å². The summed E-state index contributed by atoms with van der Waals surface area (Å²) in [4.78, 5) is 10.5. The first-order valence-corrected chi connectivity index (χ1v) is 9.40. The Morgan fingerprint density at radius 3 is 2.37 bits per heavy atom. The van der Waals surface area contributed by atoms with E-state index in [9.17, 15) is 26.4 Å². The van der Waals surface area contributed by atoms with Crippen molar-refractivity contribution in [3.8, 4) is 0 Å². The van der Waals surface area contributed by atoms with Gasteiger partial charge in [0.25, 0.3) is 0 Å². The number of methoxy groups -OCH3 is 1. The molecule has 0 aliphatic carbocycles. The minimum absolute atomic E-state index is 0.0982. The third-order valence-electron chi connectivity index (χ3n) is 3.51.